The summed E-state index contributed by atoms with van der Waals surface area (Å²) in [5, 5.41) is 5.32. The van der Waals surface area contributed by atoms with Crippen LogP contribution in [0.3, 0.4) is 0 Å². The summed E-state index contributed by atoms with van der Waals surface area (Å²) < 4.78 is 9.54. The zero-order valence-electron chi connectivity index (χ0n) is 19.4. The normalized spacial score (nSPS) is 16.1. The van der Waals surface area contributed by atoms with Crippen molar-refractivity contribution in [3.63, 3.8) is 0 Å². The molecule has 3 aromatic carbocycles. The highest BCUT2D eigenvalue weighted by atomic mass is 16.5. The molecule has 1 amide bonds. The molecule has 1 aliphatic heterocycles. The van der Waals surface area contributed by atoms with Crippen molar-refractivity contribution in [3.8, 4) is 0 Å². The molecule has 0 aliphatic carbocycles. The van der Waals surface area contributed by atoms with Crippen LogP contribution < -0.4 is 5.32 Å². The van der Waals surface area contributed by atoms with Gasteiger partial charge in [-0.15, -0.1) is 0 Å². The van der Waals surface area contributed by atoms with E-state index in [1.165, 1.54) is 48.8 Å². The van der Waals surface area contributed by atoms with Crippen molar-refractivity contribution >= 4 is 34.3 Å². The molecule has 1 unspecified atom stereocenters. The summed E-state index contributed by atoms with van der Waals surface area (Å²) in [6.07, 6.45) is 1.69. The smallest absolute Gasteiger partial charge is 0.337 e. The van der Waals surface area contributed by atoms with Gasteiger partial charge in [-0.05, 0) is 53.9 Å². The first-order valence-corrected chi connectivity index (χ1v) is 11.3. The van der Waals surface area contributed by atoms with Gasteiger partial charge >= 0.3 is 11.9 Å². The van der Waals surface area contributed by atoms with E-state index in [-0.39, 0.29) is 23.0 Å². The highest BCUT2D eigenvalue weighted by Gasteiger charge is 2.26. The van der Waals surface area contributed by atoms with Crippen LogP contribution in [-0.2, 0) is 20.8 Å². The number of esters is 2. The molecule has 0 saturated carbocycles. The third-order valence-electron chi connectivity index (χ3n) is 6.19. The lowest BCUT2D eigenvalue weighted by molar-refractivity contribution is -0.121. The largest absolute Gasteiger partial charge is 0.465 e. The van der Waals surface area contributed by atoms with Gasteiger partial charge in [-0.1, -0.05) is 42.5 Å². The number of piperidine rings is 1. The number of carbonyl (C=O) groups excluding carboxylic acids is 3. The van der Waals surface area contributed by atoms with Crippen molar-refractivity contribution in [1.29, 1.82) is 0 Å². The zero-order valence-corrected chi connectivity index (χ0v) is 19.4. The van der Waals surface area contributed by atoms with E-state index in [1.807, 2.05) is 12.1 Å². The van der Waals surface area contributed by atoms with Crippen LogP contribution in [0.2, 0.25) is 0 Å². The van der Waals surface area contributed by atoms with Gasteiger partial charge < -0.3 is 14.8 Å². The predicted molar refractivity (Wildman–Crippen MR) is 130 cm³/mol. The molecule has 3 aromatic rings. The summed E-state index contributed by atoms with van der Waals surface area (Å²) in [6.45, 7) is 2.34. The van der Waals surface area contributed by atoms with E-state index in [2.05, 4.69) is 40.5 Å². The number of fused-ring (bicyclic) bond motifs is 1. The lowest BCUT2D eigenvalue weighted by atomic mass is 9.95. The number of hydrogen-bond acceptors (Lipinski definition) is 6. The van der Waals surface area contributed by atoms with Gasteiger partial charge in [0, 0.05) is 18.8 Å². The van der Waals surface area contributed by atoms with E-state index in [1.54, 1.807) is 0 Å². The molecule has 0 spiro atoms. The number of nitrogens with one attached hydrogen (secondary N) is 1. The molecular weight excluding hydrogens is 432 g/mol. The number of benzene rings is 3. The van der Waals surface area contributed by atoms with E-state index in [0.717, 1.165) is 25.9 Å². The van der Waals surface area contributed by atoms with Gasteiger partial charge in [0.15, 0.2) is 0 Å². The second-order valence-corrected chi connectivity index (χ2v) is 8.48. The van der Waals surface area contributed by atoms with E-state index < -0.39 is 11.9 Å². The average molecular weight is 461 g/mol. The highest BCUT2D eigenvalue weighted by molar-refractivity contribution is 6.00. The number of hydrogen-bond donors (Lipinski definition) is 1. The van der Waals surface area contributed by atoms with Crippen molar-refractivity contribution in [2.24, 2.45) is 5.92 Å². The standard InChI is InChI=1S/C27H28N2O5/c1-33-26(31)21-13-22(27(32)34-2)15-23(14-21)28-25(30)20-10-6-12-29(17-20)16-19-9-5-8-18-7-3-4-11-24(18)19/h3-5,7-9,11,13-15,20H,6,10,12,16-17H2,1-2H3,(H,28,30). The first kappa shape index (κ1) is 23.4. The van der Waals surface area contributed by atoms with Gasteiger partial charge in [0.2, 0.25) is 5.91 Å². The van der Waals surface area contributed by atoms with Crippen LogP contribution in [0.5, 0.6) is 0 Å². The predicted octanol–water partition coefficient (Wildman–Crippen LogP) is 4.26. The minimum Gasteiger partial charge on any atom is -0.465 e. The van der Waals surface area contributed by atoms with Crippen LogP contribution in [0, 0.1) is 5.92 Å². The van der Waals surface area contributed by atoms with Crippen molar-refractivity contribution in [2.45, 2.75) is 19.4 Å². The number of nitrogens with zero attached hydrogens (tertiary/aromatic N) is 1. The Bertz CT molecular complexity index is 1180. The molecule has 7 nitrogen and oxygen atoms in total. The fourth-order valence-corrected chi connectivity index (χ4v) is 4.50. The number of anilines is 1. The molecule has 1 aliphatic rings. The van der Waals surface area contributed by atoms with Crippen molar-refractivity contribution in [1.82, 2.24) is 4.90 Å². The molecule has 0 bridgehead atoms. The third-order valence-corrected chi connectivity index (χ3v) is 6.19. The lowest BCUT2D eigenvalue weighted by Crippen LogP contribution is -2.40. The Hall–Kier alpha value is -3.71. The molecule has 7 heteroatoms. The fraction of sp³-hybridized carbons (Fsp3) is 0.296. The number of likely N-dealkylation sites (tertiary alicyclic amines) is 1. The molecule has 4 rings (SSSR count). The summed E-state index contributed by atoms with van der Waals surface area (Å²) in [4.78, 5) is 39.5. The van der Waals surface area contributed by atoms with Gasteiger partial charge in [-0.2, -0.15) is 0 Å². The molecule has 1 atom stereocenters. The second kappa shape index (κ2) is 10.5. The monoisotopic (exact) mass is 460 g/mol. The van der Waals surface area contributed by atoms with Crippen molar-refractivity contribution < 1.29 is 23.9 Å². The van der Waals surface area contributed by atoms with Crippen molar-refractivity contribution in [3.05, 3.63) is 77.4 Å². The van der Waals surface area contributed by atoms with Crippen LogP contribution in [0.4, 0.5) is 5.69 Å². The van der Waals surface area contributed by atoms with E-state index in [9.17, 15) is 14.4 Å². The Kier molecular flexibility index (Phi) is 7.23. The first-order valence-electron chi connectivity index (χ1n) is 11.3. The number of methoxy groups -OCH3 is 2. The van der Waals surface area contributed by atoms with Crippen LogP contribution in [-0.4, -0.2) is 50.1 Å². The quantitative estimate of drug-likeness (QED) is 0.553. The van der Waals surface area contributed by atoms with Gasteiger partial charge in [0.25, 0.3) is 0 Å². The molecule has 1 fully saturated rings. The minimum atomic E-state index is -0.597. The maximum absolute atomic E-state index is 13.1. The molecule has 0 radical (unpaired) electrons. The van der Waals surface area contributed by atoms with E-state index in [0.29, 0.717) is 12.2 Å². The first-order chi connectivity index (χ1) is 16.5. The van der Waals surface area contributed by atoms with Gasteiger partial charge in [0.1, 0.15) is 0 Å². The third kappa shape index (κ3) is 5.26. The summed E-state index contributed by atoms with van der Waals surface area (Å²) in [5.41, 5.74) is 1.94. The second-order valence-electron chi connectivity index (χ2n) is 8.48. The molecule has 1 N–H and O–H groups in total. The van der Waals surface area contributed by atoms with Crippen LogP contribution >= 0.6 is 0 Å². The molecule has 176 valence electrons. The Morgan fingerprint density at radius 1 is 0.941 bits per heavy atom. The number of ether oxygens (including phenoxy) is 2. The number of rotatable bonds is 6. The zero-order chi connectivity index (χ0) is 24.1. The fourth-order valence-electron chi connectivity index (χ4n) is 4.50. The molecule has 1 heterocycles. The van der Waals surface area contributed by atoms with Crippen LogP contribution in [0.25, 0.3) is 10.8 Å². The Labute approximate surface area is 198 Å². The van der Waals surface area contributed by atoms with Crippen molar-refractivity contribution in [2.75, 3.05) is 32.6 Å². The van der Waals surface area contributed by atoms with Gasteiger partial charge in [-0.3, -0.25) is 9.69 Å². The number of carbonyl (C=O) groups is 3. The molecule has 34 heavy (non-hydrogen) atoms. The van der Waals surface area contributed by atoms with E-state index >= 15 is 0 Å². The maximum Gasteiger partial charge on any atom is 0.337 e. The minimum absolute atomic E-state index is 0.138. The van der Waals surface area contributed by atoms with Gasteiger partial charge in [-0.25, -0.2) is 9.59 Å². The van der Waals surface area contributed by atoms with E-state index in [4.69, 9.17) is 9.47 Å². The van der Waals surface area contributed by atoms with Crippen LogP contribution in [0.1, 0.15) is 39.1 Å². The molecule has 1 saturated heterocycles. The Morgan fingerprint density at radius 3 is 2.32 bits per heavy atom. The van der Waals surface area contributed by atoms with Crippen LogP contribution in [0.15, 0.2) is 60.7 Å². The maximum atomic E-state index is 13.1. The lowest BCUT2D eigenvalue weighted by Gasteiger charge is -2.32. The summed E-state index contributed by atoms with van der Waals surface area (Å²) >= 11 is 0. The highest BCUT2D eigenvalue weighted by Crippen LogP contribution is 2.25. The summed E-state index contributed by atoms with van der Waals surface area (Å²) in [7, 11) is 2.52. The number of amides is 1. The topological polar surface area (TPSA) is 84.9 Å². The molecular formula is C27H28N2O5. The average Bonchev–Trinajstić information content (AvgIpc) is 2.88. The summed E-state index contributed by atoms with van der Waals surface area (Å²) in [5.74, 6) is -1.53. The molecule has 0 aromatic heterocycles. The Balaban J connectivity index is 1.48. The summed E-state index contributed by atoms with van der Waals surface area (Å²) in [6, 6.07) is 19.0. The Morgan fingerprint density at radius 2 is 1.62 bits per heavy atom. The van der Waals surface area contributed by atoms with Gasteiger partial charge in [0.05, 0.1) is 31.3 Å². The SMILES string of the molecule is COC(=O)c1cc(NC(=O)C2CCCN(Cc3cccc4ccccc34)C2)cc(C(=O)OC)c1.